The van der Waals surface area contributed by atoms with Crippen molar-refractivity contribution in [1.82, 2.24) is 10.6 Å². The standard InChI is InChI=1S/C24H28N2O7/c1-32-13-15(27)10-11-25-23(30)21(12-22(28)29)26-24(31)33-14-20-18-8-4-2-6-16(18)17-7-3-5-9-19(17)20/h2-9,15,20-21,27H,10-14H2,1H3,(H,25,30)(H,26,31)(H,28,29). The van der Waals surface area contributed by atoms with Gasteiger partial charge < -0.3 is 30.3 Å². The number of alkyl carbamates (subject to hydrolysis) is 1. The van der Waals surface area contributed by atoms with E-state index in [0.29, 0.717) is 0 Å². The zero-order chi connectivity index (χ0) is 23.8. The van der Waals surface area contributed by atoms with Crippen LogP contribution in [0.2, 0.25) is 0 Å². The Kier molecular flexibility index (Phi) is 8.39. The predicted molar refractivity (Wildman–Crippen MR) is 120 cm³/mol. The third-order valence-electron chi connectivity index (χ3n) is 5.47. The van der Waals surface area contributed by atoms with Gasteiger partial charge in [0.2, 0.25) is 5.91 Å². The fourth-order valence-corrected chi connectivity index (χ4v) is 3.93. The summed E-state index contributed by atoms with van der Waals surface area (Å²) in [5.74, 6) is -2.07. The smallest absolute Gasteiger partial charge is 0.407 e. The summed E-state index contributed by atoms with van der Waals surface area (Å²) in [4.78, 5) is 36.0. The van der Waals surface area contributed by atoms with Crippen LogP contribution in [-0.2, 0) is 19.1 Å². The van der Waals surface area contributed by atoms with Crippen molar-refractivity contribution in [3.8, 4) is 11.1 Å². The average Bonchev–Trinajstić information content (AvgIpc) is 3.11. The quantitative estimate of drug-likeness (QED) is 0.406. The Bertz CT molecular complexity index is 949. The second-order valence-corrected chi connectivity index (χ2v) is 7.81. The fraction of sp³-hybridized carbons (Fsp3) is 0.375. The van der Waals surface area contributed by atoms with Crippen LogP contribution < -0.4 is 10.6 Å². The van der Waals surface area contributed by atoms with E-state index in [-0.39, 0.29) is 32.1 Å². The number of hydrogen-bond acceptors (Lipinski definition) is 6. The number of carbonyl (C=O) groups excluding carboxylic acids is 2. The molecule has 4 N–H and O–H groups in total. The molecule has 9 nitrogen and oxygen atoms in total. The molecule has 2 unspecified atom stereocenters. The number of benzene rings is 2. The zero-order valence-corrected chi connectivity index (χ0v) is 18.3. The first-order valence-electron chi connectivity index (χ1n) is 10.7. The Hall–Kier alpha value is -3.43. The Morgan fingerprint density at radius 3 is 2.21 bits per heavy atom. The molecule has 0 heterocycles. The van der Waals surface area contributed by atoms with Gasteiger partial charge in [-0.2, -0.15) is 0 Å². The summed E-state index contributed by atoms with van der Waals surface area (Å²) >= 11 is 0. The summed E-state index contributed by atoms with van der Waals surface area (Å²) in [7, 11) is 1.45. The van der Waals surface area contributed by atoms with Gasteiger partial charge in [0.1, 0.15) is 12.6 Å². The highest BCUT2D eigenvalue weighted by Gasteiger charge is 2.30. The Labute approximate surface area is 191 Å². The van der Waals surface area contributed by atoms with E-state index in [4.69, 9.17) is 14.6 Å². The molecule has 0 bridgehead atoms. The molecule has 9 heteroatoms. The van der Waals surface area contributed by atoms with Crippen LogP contribution in [0, 0.1) is 0 Å². The van der Waals surface area contributed by atoms with Gasteiger partial charge in [0, 0.05) is 19.6 Å². The highest BCUT2D eigenvalue weighted by Crippen LogP contribution is 2.44. The predicted octanol–water partition coefficient (Wildman–Crippen LogP) is 1.88. The molecule has 2 amide bonds. The number of hydrogen-bond donors (Lipinski definition) is 4. The number of aliphatic hydroxyl groups excluding tert-OH is 1. The van der Waals surface area contributed by atoms with E-state index in [9.17, 15) is 19.5 Å². The highest BCUT2D eigenvalue weighted by atomic mass is 16.5. The third kappa shape index (κ3) is 6.30. The Morgan fingerprint density at radius 2 is 1.64 bits per heavy atom. The molecule has 2 aromatic rings. The van der Waals surface area contributed by atoms with Crippen LogP contribution in [0.15, 0.2) is 48.5 Å². The first-order chi connectivity index (χ1) is 15.9. The highest BCUT2D eigenvalue weighted by molar-refractivity contribution is 5.89. The van der Waals surface area contributed by atoms with E-state index in [1.54, 1.807) is 0 Å². The maximum absolute atomic E-state index is 12.4. The molecule has 2 aromatic carbocycles. The molecule has 176 valence electrons. The Balaban J connectivity index is 1.58. The average molecular weight is 456 g/mol. The zero-order valence-electron chi connectivity index (χ0n) is 18.3. The van der Waals surface area contributed by atoms with Crippen LogP contribution in [0.25, 0.3) is 11.1 Å². The van der Waals surface area contributed by atoms with Crippen LogP contribution in [0.3, 0.4) is 0 Å². The maximum Gasteiger partial charge on any atom is 0.407 e. The minimum absolute atomic E-state index is 0.0461. The molecule has 33 heavy (non-hydrogen) atoms. The summed E-state index contributed by atoms with van der Waals surface area (Å²) in [6.45, 7) is 0.267. The van der Waals surface area contributed by atoms with Crippen molar-refractivity contribution >= 4 is 18.0 Å². The molecule has 0 aromatic heterocycles. The van der Waals surface area contributed by atoms with Crippen molar-refractivity contribution in [1.29, 1.82) is 0 Å². The van der Waals surface area contributed by atoms with Gasteiger partial charge in [0.25, 0.3) is 0 Å². The van der Waals surface area contributed by atoms with Gasteiger partial charge in [-0.15, -0.1) is 0 Å². The van der Waals surface area contributed by atoms with Gasteiger partial charge in [-0.05, 0) is 28.7 Å². The number of carbonyl (C=O) groups is 3. The first-order valence-corrected chi connectivity index (χ1v) is 10.7. The summed E-state index contributed by atoms with van der Waals surface area (Å²) < 4.78 is 10.2. The lowest BCUT2D eigenvalue weighted by molar-refractivity contribution is -0.139. The van der Waals surface area contributed by atoms with Crippen molar-refractivity contribution in [2.24, 2.45) is 0 Å². The summed E-state index contributed by atoms with van der Waals surface area (Å²) in [5.41, 5.74) is 4.25. The van der Waals surface area contributed by atoms with E-state index in [1.165, 1.54) is 7.11 Å². The van der Waals surface area contributed by atoms with Crippen LogP contribution in [-0.4, -0.2) is 67.2 Å². The largest absolute Gasteiger partial charge is 0.481 e. The van der Waals surface area contributed by atoms with Gasteiger partial charge in [-0.25, -0.2) is 4.79 Å². The molecule has 0 saturated carbocycles. The number of carboxylic acid groups (broad SMARTS) is 1. The van der Waals surface area contributed by atoms with E-state index in [1.807, 2.05) is 48.5 Å². The monoisotopic (exact) mass is 456 g/mol. The number of aliphatic hydroxyl groups is 1. The van der Waals surface area contributed by atoms with Gasteiger partial charge in [0.15, 0.2) is 0 Å². The second kappa shape index (κ2) is 11.4. The molecule has 0 aliphatic heterocycles. The van der Waals surface area contributed by atoms with Gasteiger partial charge in [0.05, 0.1) is 19.1 Å². The SMILES string of the molecule is COCC(O)CCNC(=O)C(CC(=O)O)NC(=O)OCC1c2ccccc2-c2ccccc21. The van der Waals surface area contributed by atoms with Gasteiger partial charge in [-0.3, -0.25) is 9.59 Å². The molecule has 1 aliphatic rings. The van der Waals surface area contributed by atoms with E-state index in [0.717, 1.165) is 22.3 Å². The first kappa shape index (κ1) is 24.2. The lowest BCUT2D eigenvalue weighted by atomic mass is 9.98. The number of aliphatic carboxylic acids is 1. The summed E-state index contributed by atoms with van der Waals surface area (Å²) in [5, 5.41) is 23.6. The number of rotatable bonds is 11. The minimum Gasteiger partial charge on any atom is -0.481 e. The van der Waals surface area contributed by atoms with Crippen LogP contribution in [0.4, 0.5) is 4.79 Å². The van der Waals surface area contributed by atoms with E-state index >= 15 is 0 Å². The van der Waals surface area contributed by atoms with Gasteiger partial charge >= 0.3 is 12.1 Å². The molecule has 0 fully saturated rings. The number of carboxylic acids is 1. The van der Waals surface area contributed by atoms with Gasteiger partial charge in [-0.1, -0.05) is 48.5 Å². The fourth-order valence-electron chi connectivity index (χ4n) is 3.93. The molecule has 0 radical (unpaired) electrons. The normalized spacial score (nSPS) is 14.0. The third-order valence-corrected chi connectivity index (χ3v) is 5.47. The number of ether oxygens (including phenoxy) is 2. The molecule has 1 aliphatic carbocycles. The number of methoxy groups -OCH3 is 1. The molecular weight excluding hydrogens is 428 g/mol. The topological polar surface area (TPSA) is 134 Å². The van der Waals surface area contributed by atoms with E-state index in [2.05, 4.69) is 10.6 Å². The number of amides is 2. The lowest BCUT2D eigenvalue weighted by Gasteiger charge is -2.19. The van der Waals surface area contributed by atoms with Crippen molar-refractivity contribution in [2.45, 2.75) is 30.9 Å². The summed E-state index contributed by atoms with van der Waals surface area (Å²) in [6, 6.07) is 14.5. The Morgan fingerprint density at radius 1 is 1.03 bits per heavy atom. The van der Waals surface area contributed by atoms with Crippen LogP contribution in [0.1, 0.15) is 29.9 Å². The number of fused-ring (bicyclic) bond motifs is 3. The molecule has 0 saturated heterocycles. The van der Waals surface area contributed by atoms with Crippen molar-refractivity contribution < 1.29 is 34.1 Å². The van der Waals surface area contributed by atoms with E-state index < -0.39 is 36.5 Å². The van der Waals surface area contributed by atoms with Crippen molar-refractivity contribution in [2.75, 3.05) is 26.9 Å². The molecular formula is C24H28N2O7. The van der Waals surface area contributed by atoms with Crippen molar-refractivity contribution in [3.05, 3.63) is 59.7 Å². The lowest BCUT2D eigenvalue weighted by Crippen LogP contribution is -2.48. The van der Waals surface area contributed by atoms with Crippen molar-refractivity contribution in [3.63, 3.8) is 0 Å². The van der Waals surface area contributed by atoms with Crippen LogP contribution in [0.5, 0.6) is 0 Å². The maximum atomic E-state index is 12.4. The summed E-state index contributed by atoms with van der Waals surface area (Å²) in [6.07, 6.45) is -2.01. The molecule has 2 atom stereocenters. The van der Waals surface area contributed by atoms with Crippen LogP contribution >= 0.6 is 0 Å². The number of nitrogens with one attached hydrogen (secondary N) is 2. The minimum atomic E-state index is -1.31. The second-order valence-electron chi connectivity index (χ2n) is 7.81. The molecule has 3 rings (SSSR count). The molecule has 0 spiro atoms.